The van der Waals surface area contributed by atoms with Crippen molar-refractivity contribution in [2.75, 3.05) is 5.32 Å². The van der Waals surface area contributed by atoms with Gasteiger partial charge < -0.3 is 9.73 Å². The molecule has 3 nitrogen and oxygen atoms in total. The average molecular weight is 345 g/mol. The van der Waals surface area contributed by atoms with Crippen LogP contribution in [-0.2, 0) is 0 Å². The van der Waals surface area contributed by atoms with Gasteiger partial charge in [-0.3, -0.25) is 4.79 Å². The van der Waals surface area contributed by atoms with Crippen molar-refractivity contribution in [3.8, 4) is 0 Å². The molecule has 1 aromatic carbocycles. The first kappa shape index (κ1) is 11.4. The van der Waals surface area contributed by atoms with Crippen LogP contribution in [0.2, 0.25) is 0 Å². The van der Waals surface area contributed by atoms with E-state index in [1.807, 2.05) is 18.2 Å². The van der Waals surface area contributed by atoms with Gasteiger partial charge in [-0.25, -0.2) is 0 Å². The second-order valence-electron chi connectivity index (χ2n) is 3.09. The topological polar surface area (TPSA) is 42.2 Å². The van der Waals surface area contributed by atoms with Crippen LogP contribution >= 0.6 is 31.9 Å². The van der Waals surface area contributed by atoms with Crippen molar-refractivity contribution in [2.45, 2.75) is 0 Å². The molecule has 2 rings (SSSR count). The molecule has 0 aliphatic heterocycles. The molecule has 1 N–H and O–H groups in total. The first-order valence-corrected chi connectivity index (χ1v) is 6.04. The standard InChI is InChI=1S/C11H7Br2NO2/c12-8-1-2-10(9(13)5-8)14-11(15)7-3-4-16-6-7/h1-6H,(H,14,15). The number of benzene rings is 1. The molecule has 82 valence electrons. The quantitative estimate of drug-likeness (QED) is 0.892. The van der Waals surface area contributed by atoms with E-state index in [0.717, 1.165) is 14.6 Å². The summed E-state index contributed by atoms with van der Waals surface area (Å²) in [4.78, 5) is 11.7. The van der Waals surface area contributed by atoms with Crippen LogP contribution in [0.4, 0.5) is 5.69 Å². The van der Waals surface area contributed by atoms with Crippen LogP contribution < -0.4 is 5.32 Å². The smallest absolute Gasteiger partial charge is 0.258 e. The Morgan fingerprint density at radius 3 is 2.69 bits per heavy atom. The lowest BCUT2D eigenvalue weighted by molar-refractivity contribution is 0.102. The number of hydrogen-bond donors (Lipinski definition) is 1. The van der Waals surface area contributed by atoms with Gasteiger partial charge >= 0.3 is 0 Å². The highest BCUT2D eigenvalue weighted by molar-refractivity contribution is 9.11. The minimum Gasteiger partial charge on any atom is -0.472 e. The number of rotatable bonds is 2. The number of hydrogen-bond acceptors (Lipinski definition) is 2. The van der Waals surface area contributed by atoms with Crippen LogP contribution in [0, 0.1) is 0 Å². The van der Waals surface area contributed by atoms with Crippen LogP contribution in [0.5, 0.6) is 0 Å². The highest BCUT2D eigenvalue weighted by Gasteiger charge is 2.09. The molecule has 0 spiro atoms. The minimum atomic E-state index is -0.197. The van der Waals surface area contributed by atoms with E-state index >= 15 is 0 Å². The van der Waals surface area contributed by atoms with Gasteiger partial charge in [-0.1, -0.05) is 15.9 Å². The summed E-state index contributed by atoms with van der Waals surface area (Å²) in [5.41, 5.74) is 1.21. The van der Waals surface area contributed by atoms with Crippen molar-refractivity contribution in [3.63, 3.8) is 0 Å². The maximum absolute atomic E-state index is 11.7. The Hall–Kier alpha value is -1.07. The fourth-order valence-corrected chi connectivity index (χ4v) is 2.33. The summed E-state index contributed by atoms with van der Waals surface area (Å²) >= 11 is 6.71. The number of furan rings is 1. The van der Waals surface area contributed by atoms with Gasteiger partial charge in [-0.05, 0) is 40.2 Å². The lowest BCUT2D eigenvalue weighted by Crippen LogP contribution is -2.11. The van der Waals surface area contributed by atoms with Crippen molar-refractivity contribution in [1.29, 1.82) is 0 Å². The fourth-order valence-electron chi connectivity index (χ4n) is 1.18. The van der Waals surface area contributed by atoms with E-state index in [2.05, 4.69) is 37.2 Å². The summed E-state index contributed by atoms with van der Waals surface area (Å²) in [7, 11) is 0. The number of amides is 1. The molecule has 0 fully saturated rings. The van der Waals surface area contributed by atoms with Crippen LogP contribution in [-0.4, -0.2) is 5.91 Å². The summed E-state index contributed by atoms with van der Waals surface area (Å²) in [6.45, 7) is 0. The first-order valence-electron chi connectivity index (χ1n) is 4.45. The molecule has 0 radical (unpaired) electrons. The van der Waals surface area contributed by atoms with E-state index in [-0.39, 0.29) is 5.91 Å². The summed E-state index contributed by atoms with van der Waals surface area (Å²) in [5.74, 6) is -0.197. The summed E-state index contributed by atoms with van der Waals surface area (Å²) < 4.78 is 6.61. The van der Waals surface area contributed by atoms with Gasteiger partial charge in [0.05, 0.1) is 17.5 Å². The van der Waals surface area contributed by atoms with E-state index in [4.69, 9.17) is 4.42 Å². The van der Waals surface area contributed by atoms with Crippen LogP contribution in [0.3, 0.4) is 0 Å². The minimum absolute atomic E-state index is 0.197. The largest absolute Gasteiger partial charge is 0.472 e. The normalized spacial score (nSPS) is 10.1. The number of anilines is 1. The predicted molar refractivity (Wildman–Crippen MR) is 68.5 cm³/mol. The Labute approximate surface area is 109 Å². The Bertz CT molecular complexity index is 509. The monoisotopic (exact) mass is 343 g/mol. The molecule has 1 aromatic heterocycles. The Balaban J connectivity index is 2.18. The Morgan fingerprint density at radius 1 is 1.25 bits per heavy atom. The average Bonchev–Trinajstić information content (AvgIpc) is 2.75. The second-order valence-corrected chi connectivity index (χ2v) is 4.86. The summed E-state index contributed by atoms with van der Waals surface area (Å²) in [5, 5.41) is 2.77. The zero-order valence-electron chi connectivity index (χ0n) is 8.04. The molecular weight excluding hydrogens is 338 g/mol. The molecule has 16 heavy (non-hydrogen) atoms. The van der Waals surface area contributed by atoms with Gasteiger partial charge in [0, 0.05) is 8.95 Å². The fraction of sp³-hybridized carbons (Fsp3) is 0. The van der Waals surface area contributed by atoms with E-state index in [1.54, 1.807) is 6.07 Å². The Kier molecular flexibility index (Phi) is 3.46. The first-order chi connectivity index (χ1) is 7.66. The molecule has 0 aliphatic rings. The third kappa shape index (κ3) is 2.54. The lowest BCUT2D eigenvalue weighted by atomic mass is 10.3. The van der Waals surface area contributed by atoms with Crippen molar-refractivity contribution >= 4 is 43.5 Å². The van der Waals surface area contributed by atoms with Crippen LogP contribution in [0.15, 0.2) is 50.2 Å². The maximum Gasteiger partial charge on any atom is 0.258 e. The highest BCUT2D eigenvalue weighted by Crippen LogP contribution is 2.26. The van der Waals surface area contributed by atoms with E-state index in [1.165, 1.54) is 12.5 Å². The van der Waals surface area contributed by atoms with Crippen LogP contribution in [0.25, 0.3) is 0 Å². The van der Waals surface area contributed by atoms with Gasteiger partial charge in [0.1, 0.15) is 6.26 Å². The van der Waals surface area contributed by atoms with Crippen molar-refractivity contribution in [1.82, 2.24) is 0 Å². The molecule has 1 amide bonds. The molecule has 1 heterocycles. The molecule has 0 bridgehead atoms. The van der Waals surface area contributed by atoms with Crippen LogP contribution in [0.1, 0.15) is 10.4 Å². The predicted octanol–water partition coefficient (Wildman–Crippen LogP) is 4.06. The van der Waals surface area contributed by atoms with E-state index in [9.17, 15) is 4.79 Å². The van der Waals surface area contributed by atoms with Gasteiger partial charge in [0.2, 0.25) is 0 Å². The lowest BCUT2D eigenvalue weighted by Gasteiger charge is -2.06. The van der Waals surface area contributed by atoms with Crippen molar-refractivity contribution in [3.05, 3.63) is 51.3 Å². The molecule has 0 saturated carbocycles. The maximum atomic E-state index is 11.7. The van der Waals surface area contributed by atoms with E-state index < -0.39 is 0 Å². The SMILES string of the molecule is O=C(Nc1ccc(Br)cc1Br)c1ccoc1. The van der Waals surface area contributed by atoms with Gasteiger partial charge in [0.25, 0.3) is 5.91 Å². The molecule has 0 atom stereocenters. The zero-order valence-corrected chi connectivity index (χ0v) is 11.2. The van der Waals surface area contributed by atoms with E-state index in [0.29, 0.717) is 5.56 Å². The van der Waals surface area contributed by atoms with Gasteiger partial charge in [-0.2, -0.15) is 0 Å². The number of nitrogens with one attached hydrogen (secondary N) is 1. The van der Waals surface area contributed by atoms with Gasteiger partial charge in [0.15, 0.2) is 0 Å². The third-order valence-electron chi connectivity index (χ3n) is 1.96. The third-order valence-corrected chi connectivity index (χ3v) is 3.11. The molecule has 0 aliphatic carbocycles. The molecular formula is C11H7Br2NO2. The van der Waals surface area contributed by atoms with Gasteiger partial charge in [-0.15, -0.1) is 0 Å². The summed E-state index contributed by atoms with van der Waals surface area (Å²) in [6, 6.07) is 7.15. The van der Waals surface area contributed by atoms with Crippen molar-refractivity contribution < 1.29 is 9.21 Å². The Morgan fingerprint density at radius 2 is 2.06 bits per heavy atom. The number of carbonyl (C=O) groups is 1. The van der Waals surface area contributed by atoms with Crippen molar-refractivity contribution in [2.24, 2.45) is 0 Å². The molecule has 5 heteroatoms. The second kappa shape index (κ2) is 4.84. The molecule has 2 aromatic rings. The molecule has 0 saturated heterocycles. The zero-order chi connectivity index (χ0) is 11.5. The number of halogens is 2. The summed E-state index contributed by atoms with van der Waals surface area (Å²) in [6.07, 6.45) is 2.87. The highest BCUT2D eigenvalue weighted by atomic mass is 79.9. The molecule has 0 unspecified atom stereocenters. The number of carbonyl (C=O) groups excluding carboxylic acids is 1.